The molecular formula is C41H42Cl2FN3O6. The van der Waals surface area contributed by atoms with Crippen LogP contribution in [0.2, 0.25) is 10.0 Å². The molecule has 2 fully saturated rings. The van der Waals surface area contributed by atoms with Crippen LogP contribution < -0.4 is 19.5 Å². The van der Waals surface area contributed by atoms with Crippen LogP contribution in [0.3, 0.4) is 0 Å². The lowest BCUT2D eigenvalue weighted by atomic mass is 9.93. The zero-order valence-electron chi connectivity index (χ0n) is 29.7. The molecule has 0 spiro atoms. The third-order valence-corrected chi connectivity index (χ3v) is 11.4. The number of aliphatic carboxylic acids is 1. The predicted octanol–water partition coefficient (Wildman–Crippen LogP) is 8.31. The maximum atomic E-state index is 15.7. The fourth-order valence-electron chi connectivity index (χ4n) is 7.96. The molecule has 1 aromatic heterocycles. The van der Waals surface area contributed by atoms with E-state index >= 15 is 4.39 Å². The number of fused-ring (bicyclic) bond motifs is 1. The summed E-state index contributed by atoms with van der Waals surface area (Å²) in [5.74, 6) is 0.0943. The van der Waals surface area contributed by atoms with Gasteiger partial charge in [0.2, 0.25) is 11.8 Å². The van der Waals surface area contributed by atoms with E-state index < -0.39 is 11.8 Å². The van der Waals surface area contributed by atoms with Gasteiger partial charge in [-0.05, 0) is 85.1 Å². The number of rotatable bonds is 13. The highest BCUT2D eigenvalue weighted by atomic mass is 35.5. The number of ether oxygens (including phenoxy) is 3. The fraction of sp³-hybridized carbons (Fsp3) is 0.390. The van der Waals surface area contributed by atoms with Crippen molar-refractivity contribution in [3.05, 3.63) is 92.7 Å². The quantitative estimate of drug-likeness (QED) is 0.139. The number of halogens is 3. The standard InChI is InChI=1S/C41H42Cl2FN3O6/c1-51-37-18-25(17-35(44)33(37)20-45-19-23-9-10-27(48)15-23)28-5-3-8-32(38(28)43)29-6-4-7-31-30(29)11-12-36(31)53-40-34(42)16-26(39(46-40)52-2)22-47-14-13-24(21-47)41(49)50/h3-8,16-18,23-24,36,45H,9-15,19-22H2,1-2H3,(H,49,50)/t23-,24-,36+/m1/s1. The van der Waals surface area contributed by atoms with E-state index in [9.17, 15) is 14.7 Å². The highest BCUT2D eigenvalue weighted by molar-refractivity contribution is 6.36. The summed E-state index contributed by atoms with van der Waals surface area (Å²) >= 11 is 13.9. The van der Waals surface area contributed by atoms with Crippen molar-refractivity contribution in [2.75, 3.05) is 33.9 Å². The largest absolute Gasteiger partial charge is 0.496 e. The molecule has 0 amide bonds. The smallest absolute Gasteiger partial charge is 0.307 e. The number of benzene rings is 3. The van der Waals surface area contributed by atoms with Gasteiger partial charge in [0.25, 0.3) is 0 Å². The zero-order valence-corrected chi connectivity index (χ0v) is 31.2. The number of hydrogen-bond donors (Lipinski definition) is 2. The molecule has 2 aliphatic carbocycles. The first-order valence-electron chi connectivity index (χ1n) is 18.0. The van der Waals surface area contributed by atoms with Crippen LogP contribution in [-0.4, -0.2) is 60.6 Å². The monoisotopic (exact) mass is 761 g/mol. The van der Waals surface area contributed by atoms with E-state index in [4.69, 9.17) is 37.4 Å². The average Bonchev–Trinajstić information content (AvgIpc) is 3.90. The van der Waals surface area contributed by atoms with Crippen LogP contribution in [-0.2, 0) is 29.1 Å². The van der Waals surface area contributed by atoms with Crippen LogP contribution in [0.25, 0.3) is 22.3 Å². The Balaban J connectivity index is 1.10. The predicted molar refractivity (Wildman–Crippen MR) is 201 cm³/mol. The molecule has 1 aliphatic heterocycles. The van der Waals surface area contributed by atoms with Gasteiger partial charge in [-0.2, -0.15) is 4.98 Å². The Bertz CT molecular complexity index is 2040. The molecule has 2 heterocycles. The number of nitrogens with zero attached hydrogens (tertiary/aromatic N) is 2. The van der Waals surface area contributed by atoms with Gasteiger partial charge < -0.3 is 24.6 Å². The van der Waals surface area contributed by atoms with Crippen molar-refractivity contribution in [1.82, 2.24) is 15.2 Å². The number of hydrogen-bond acceptors (Lipinski definition) is 8. The second-order valence-corrected chi connectivity index (χ2v) is 14.9. The lowest BCUT2D eigenvalue weighted by Crippen LogP contribution is -2.23. The number of pyridine rings is 1. The molecule has 278 valence electrons. The summed E-state index contributed by atoms with van der Waals surface area (Å²) in [4.78, 5) is 29.8. The van der Waals surface area contributed by atoms with Gasteiger partial charge in [-0.3, -0.25) is 14.5 Å². The summed E-state index contributed by atoms with van der Waals surface area (Å²) in [5.41, 5.74) is 6.39. The number of carboxylic acids is 1. The number of nitrogens with one attached hydrogen (secondary N) is 1. The minimum atomic E-state index is -0.782. The van der Waals surface area contributed by atoms with E-state index in [1.807, 2.05) is 42.5 Å². The normalized spacial score (nSPS) is 19.8. The van der Waals surface area contributed by atoms with Crippen molar-refractivity contribution < 1.29 is 33.3 Å². The Hall–Kier alpha value is -4.22. The van der Waals surface area contributed by atoms with Crippen LogP contribution in [0.4, 0.5) is 4.39 Å². The molecule has 7 rings (SSSR count). The van der Waals surface area contributed by atoms with Crippen molar-refractivity contribution in [3.8, 4) is 39.8 Å². The summed E-state index contributed by atoms with van der Waals surface area (Å²) in [6, 6.07) is 16.9. The SMILES string of the molecule is COc1cc(-c2cccc(-c3cccc4c3CC[C@@H]4Oc3nc(OC)c(CN4CC[C@@H](C(=O)O)C4)cc3Cl)c2Cl)cc(F)c1CNC[C@@H]1CCC(=O)C1. The van der Waals surface area contributed by atoms with Gasteiger partial charge in [0.05, 0.1) is 25.2 Å². The number of likely N-dealkylation sites (tertiary alicyclic amines) is 1. The summed E-state index contributed by atoms with van der Waals surface area (Å²) < 4.78 is 33.4. The van der Waals surface area contributed by atoms with Crippen LogP contribution in [0.5, 0.6) is 17.5 Å². The Morgan fingerprint density at radius 1 is 1.00 bits per heavy atom. The second kappa shape index (κ2) is 16.0. The van der Waals surface area contributed by atoms with Crippen molar-refractivity contribution in [3.63, 3.8) is 0 Å². The molecule has 3 aromatic carbocycles. The van der Waals surface area contributed by atoms with Gasteiger partial charge >= 0.3 is 5.97 Å². The third-order valence-electron chi connectivity index (χ3n) is 10.7. The Labute approximate surface area is 318 Å². The van der Waals surface area contributed by atoms with Gasteiger partial charge in [0.1, 0.15) is 28.5 Å². The van der Waals surface area contributed by atoms with Crippen molar-refractivity contribution in [2.45, 2.75) is 57.7 Å². The number of carbonyl (C=O) groups is 2. The van der Waals surface area contributed by atoms with E-state index in [0.717, 1.165) is 40.7 Å². The van der Waals surface area contributed by atoms with Gasteiger partial charge in [0.15, 0.2) is 0 Å². The number of carbonyl (C=O) groups excluding carboxylic acids is 1. The highest BCUT2D eigenvalue weighted by Gasteiger charge is 2.31. The molecule has 1 saturated carbocycles. The molecule has 0 bridgehead atoms. The van der Waals surface area contributed by atoms with Crippen LogP contribution in [0, 0.1) is 17.7 Å². The molecule has 9 nitrogen and oxygen atoms in total. The van der Waals surface area contributed by atoms with Gasteiger partial charge in [-0.15, -0.1) is 0 Å². The topological polar surface area (TPSA) is 110 Å². The highest BCUT2D eigenvalue weighted by Crippen LogP contribution is 2.45. The lowest BCUT2D eigenvalue weighted by molar-refractivity contribution is -0.141. The number of carboxylic acid groups (broad SMARTS) is 1. The third kappa shape index (κ3) is 7.87. The lowest BCUT2D eigenvalue weighted by Gasteiger charge is -2.20. The first-order chi connectivity index (χ1) is 25.6. The van der Waals surface area contributed by atoms with Crippen LogP contribution >= 0.6 is 23.2 Å². The number of ketones is 1. The first-order valence-corrected chi connectivity index (χ1v) is 18.7. The van der Waals surface area contributed by atoms with E-state index in [-0.39, 0.29) is 29.6 Å². The summed E-state index contributed by atoms with van der Waals surface area (Å²) in [7, 11) is 3.07. The molecule has 0 radical (unpaired) electrons. The molecule has 3 aliphatic rings. The number of Topliss-reactive ketones (excluding diaryl/α,β-unsaturated/α-hetero) is 1. The summed E-state index contributed by atoms with van der Waals surface area (Å²) in [5, 5.41) is 13.6. The Morgan fingerprint density at radius 3 is 2.53 bits per heavy atom. The molecule has 1 saturated heterocycles. The van der Waals surface area contributed by atoms with Crippen LogP contribution in [0.15, 0.2) is 54.6 Å². The fourth-order valence-corrected chi connectivity index (χ4v) is 8.52. The van der Waals surface area contributed by atoms with Gasteiger partial charge in [-0.25, -0.2) is 4.39 Å². The van der Waals surface area contributed by atoms with Gasteiger partial charge in [0, 0.05) is 54.7 Å². The zero-order chi connectivity index (χ0) is 37.2. The molecule has 3 atom stereocenters. The molecule has 12 heteroatoms. The average molecular weight is 763 g/mol. The first kappa shape index (κ1) is 37.1. The van der Waals surface area contributed by atoms with E-state index in [1.165, 1.54) is 13.2 Å². The van der Waals surface area contributed by atoms with Crippen LogP contribution in [0.1, 0.15) is 60.5 Å². The molecular weight excluding hydrogens is 720 g/mol. The number of methoxy groups -OCH3 is 2. The molecule has 53 heavy (non-hydrogen) atoms. The summed E-state index contributed by atoms with van der Waals surface area (Å²) in [6.07, 6.45) is 3.79. The Kier molecular flexibility index (Phi) is 11.2. The molecule has 4 aromatic rings. The van der Waals surface area contributed by atoms with Crippen molar-refractivity contribution in [1.29, 1.82) is 0 Å². The maximum Gasteiger partial charge on any atom is 0.307 e. The second-order valence-electron chi connectivity index (χ2n) is 14.1. The van der Waals surface area contributed by atoms with Crippen molar-refractivity contribution in [2.24, 2.45) is 11.8 Å². The van der Waals surface area contributed by atoms with E-state index in [0.29, 0.717) is 96.8 Å². The van der Waals surface area contributed by atoms with Crippen molar-refractivity contribution >= 4 is 35.0 Å². The summed E-state index contributed by atoms with van der Waals surface area (Å²) in [6.45, 7) is 2.55. The number of aromatic nitrogens is 1. The minimum absolute atomic E-state index is 0.267. The van der Waals surface area contributed by atoms with E-state index in [2.05, 4.69) is 15.2 Å². The molecule has 0 unspecified atom stereocenters. The van der Waals surface area contributed by atoms with Gasteiger partial charge in [-0.1, -0.05) is 59.6 Å². The Morgan fingerprint density at radius 2 is 1.79 bits per heavy atom. The minimum Gasteiger partial charge on any atom is -0.496 e. The maximum absolute atomic E-state index is 15.7. The molecule has 2 N–H and O–H groups in total. The van der Waals surface area contributed by atoms with E-state index in [1.54, 1.807) is 13.2 Å².